The molecule has 0 radical (unpaired) electrons. The van der Waals surface area contributed by atoms with Crippen LogP contribution in [-0.2, 0) is 11.8 Å². The van der Waals surface area contributed by atoms with Crippen LogP contribution >= 0.6 is 11.3 Å². The Morgan fingerprint density at radius 1 is 1.29 bits per heavy atom. The van der Waals surface area contributed by atoms with Crippen LogP contribution in [0.2, 0.25) is 0 Å². The lowest BCUT2D eigenvalue weighted by molar-refractivity contribution is 0.582. The fraction of sp³-hybridized carbons (Fsp3) is 0.583. The Morgan fingerprint density at radius 2 is 2.00 bits per heavy atom. The number of aromatic nitrogens is 1. The smallest absolute Gasteiger partial charge is 0.0988 e. The average Bonchev–Trinajstić information content (AvgIpc) is 2.48. The van der Waals surface area contributed by atoms with E-state index in [1.54, 1.807) is 0 Å². The first-order valence-electron chi connectivity index (χ1n) is 5.17. The van der Waals surface area contributed by atoms with Crippen molar-refractivity contribution in [3.8, 4) is 0 Å². The molecule has 2 heteroatoms. The third-order valence-corrected chi connectivity index (χ3v) is 4.18. The van der Waals surface area contributed by atoms with Gasteiger partial charge in [-0.15, -0.1) is 11.3 Å². The summed E-state index contributed by atoms with van der Waals surface area (Å²) in [5, 5.41) is 1.26. The Bertz CT molecular complexity index is 368. The Hall–Kier alpha value is -0.630. The maximum Gasteiger partial charge on any atom is 0.0988 e. The summed E-state index contributed by atoms with van der Waals surface area (Å²) < 4.78 is 0. The molecule has 0 fully saturated rings. The first-order chi connectivity index (χ1) is 6.48. The second-order valence-corrected chi connectivity index (χ2v) is 6.00. The van der Waals surface area contributed by atoms with Crippen molar-refractivity contribution < 1.29 is 0 Å². The summed E-state index contributed by atoms with van der Waals surface area (Å²) in [5.41, 5.74) is 2.76. The van der Waals surface area contributed by atoms with Gasteiger partial charge in [0.05, 0.1) is 15.6 Å². The van der Waals surface area contributed by atoms with E-state index in [1.165, 1.54) is 27.6 Å². The van der Waals surface area contributed by atoms with Gasteiger partial charge in [0.25, 0.3) is 0 Å². The van der Waals surface area contributed by atoms with Gasteiger partial charge in [-0.2, -0.15) is 0 Å². The highest BCUT2D eigenvalue weighted by molar-refractivity contribution is 7.13. The van der Waals surface area contributed by atoms with Crippen LogP contribution in [-0.4, -0.2) is 4.98 Å². The van der Waals surface area contributed by atoms with Crippen molar-refractivity contribution in [3.63, 3.8) is 0 Å². The molecule has 1 aromatic heterocycles. The van der Waals surface area contributed by atoms with Crippen molar-refractivity contribution >= 4 is 16.9 Å². The van der Waals surface area contributed by atoms with E-state index in [1.807, 2.05) is 11.3 Å². The monoisotopic (exact) mass is 207 g/mol. The fourth-order valence-corrected chi connectivity index (χ4v) is 2.87. The molecule has 0 saturated carbocycles. The summed E-state index contributed by atoms with van der Waals surface area (Å²) in [6.45, 7) is 10.8. The highest BCUT2D eigenvalue weighted by atomic mass is 32.1. The molecule has 0 unspecified atom stereocenters. The van der Waals surface area contributed by atoms with E-state index in [9.17, 15) is 0 Å². The van der Waals surface area contributed by atoms with Crippen molar-refractivity contribution in [2.75, 3.05) is 0 Å². The summed E-state index contributed by atoms with van der Waals surface area (Å²) in [6.07, 6.45) is 3.51. The van der Waals surface area contributed by atoms with Gasteiger partial charge in [0, 0.05) is 5.41 Å². The molecule has 0 aromatic carbocycles. The summed E-state index contributed by atoms with van der Waals surface area (Å²) in [6, 6.07) is 0. The Kier molecular flexibility index (Phi) is 2.26. The lowest BCUT2D eigenvalue weighted by atomic mass is 9.97. The van der Waals surface area contributed by atoms with Crippen molar-refractivity contribution in [1.29, 1.82) is 0 Å². The highest BCUT2D eigenvalue weighted by Gasteiger charge is 2.24. The number of nitrogens with zero attached hydrogens (tertiary/aromatic N) is 1. The molecule has 76 valence electrons. The third-order valence-electron chi connectivity index (χ3n) is 2.55. The van der Waals surface area contributed by atoms with Crippen LogP contribution in [0.25, 0.3) is 5.57 Å². The van der Waals surface area contributed by atoms with E-state index >= 15 is 0 Å². The molecule has 0 atom stereocenters. The van der Waals surface area contributed by atoms with Gasteiger partial charge in [-0.3, -0.25) is 0 Å². The largest absolute Gasteiger partial charge is 0.245 e. The van der Waals surface area contributed by atoms with Crippen LogP contribution in [0.3, 0.4) is 0 Å². The normalized spacial score (nSPS) is 16.9. The van der Waals surface area contributed by atoms with Gasteiger partial charge in [0.2, 0.25) is 0 Å². The molecule has 0 aliphatic heterocycles. The molecular weight excluding hydrogens is 190 g/mol. The van der Waals surface area contributed by atoms with Gasteiger partial charge < -0.3 is 0 Å². The Balaban J connectivity index is 2.45. The number of aryl methyl sites for hydroxylation is 1. The molecule has 1 nitrogen and oxygen atoms in total. The minimum absolute atomic E-state index is 0.183. The predicted octanol–water partition coefficient (Wildman–Crippen LogP) is 3.79. The van der Waals surface area contributed by atoms with Crippen molar-refractivity contribution in [2.24, 2.45) is 0 Å². The van der Waals surface area contributed by atoms with Crippen LogP contribution < -0.4 is 0 Å². The minimum Gasteiger partial charge on any atom is -0.245 e. The average molecular weight is 207 g/mol. The molecule has 0 bridgehead atoms. The van der Waals surface area contributed by atoms with Gasteiger partial charge in [-0.1, -0.05) is 27.4 Å². The van der Waals surface area contributed by atoms with E-state index < -0.39 is 0 Å². The Morgan fingerprint density at radius 3 is 2.57 bits per heavy atom. The molecular formula is C12H17NS. The zero-order valence-electron chi connectivity index (χ0n) is 9.18. The molecule has 0 amide bonds. The van der Waals surface area contributed by atoms with Gasteiger partial charge in [0.1, 0.15) is 0 Å². The maximum atomic E-state index is 4.73. The van der Waals surface area contributed by atoms with Crippen molar-refractivity contribution in [3.05, 3.63) is 22.2 Å². The number of allylic oxidation sites excluding steroid dienone is 1. The SMILES string of the molecule is C=C1CCCc2nc(C(C)(C)C)sc21. The molecule has 1 aliphatic rings. The van der Waals surface area contributed by atoms with Crippen LogP contribution in [0.1, 0.15) is 49.2 Å². The van der Waals surface area contributed by atoms with Crippen LogP contribution in [0, 0.1) is 0 Å². The van der Waals surface area contributed by atoms with E-state index in [0.29, 0.717) is 0 Å². The van der Waals surface area contributed by atoms with E-state index in [0.717, 1.165) is 12.8 Å². The highest BCUT2D eigenvalue weighted by Crippen LogP contribution is 2.37. The van der Waals surface area contributed by atoms with E-state index in [-0.39, 0.29) is 5.41 Å². The predicted molar refractivity (Wildman–Crippen MR) is 62.8 cm³/mol. The quantitative estimate of drug-likeness (QED) is 0.630. The van der Waals surface area contributed by atoms with E-state index in [2.05, 4.69) is 27.4 Å². The number of thiazole rings is 1. The van der Waals surface area contributed by atoms with Gasteiger partial charge in [-0.25, -0.2) is 4.98 Å². The standard InChI is InChI=1S/C12H17NS/c1-8-6-5-7-9-10(8)14-11(13-9)12(2,3)4/h1,5-7H2,2-4H3. The summed E-state index contributed by atoms with van der Waals surface area (Å²) in [4.78, 5) is 6.09. The lowest BCUT2D eigenvalue weighted by Crippen LogP contribution is -2.10. The van der Waals surface area contributed by atoms with Gasteiger partial charge >= 0.3 is 0 Å². The van der Waals surface area contributed by atoms with Gasteiger partial charge in [-0.05, 0) is 24.8 Å². The fourth-order valence-electron chi connectivity index (χ4n) is 1.70. The molecule has 0 spiro atoms. The number of hydrogen-bond acceptors (Lipinski definition) is 2. The third kappa shape index (κ3) is 1.63. The molecule has 2 rings (SSSR count). The molecule has 0 saturated heterocycles. The van der Waals surface area contributed by atoms with Gasteiger partial charge in [0.15, 0.2) is 0 Å². The minimum atomic E-state index is 0.183. The molecule has 1 aromatic rings. The van der Waals surface area contributed by atoms with Crippen molar-refractivity contribution in [2.45, 2.75) is 45.4 Å². The van der Waals surface area contributed by atoms with Crippen molar-refractivity contribution in [1.82, 2.24) is 4.98 Å². The number of hydrogen-bond donors (Lipinski definition) is 0. The topological polar surface area (TPSA) is 12.9 Å². The van der Waals surface area contributed by atoms with Crippen LogP contribution in [0.5, 0.6) is 0 Å². The molecule has 14 heavy (non-hydrogen) atoms. The molecule has 1 aliphatic carbocycles. The molecule has 1 heterocycles. The lowest BCUT2D eigenvalue weighted by Gasteiger charge is -2.13. The number of fused-ring (bicyclic) bond motifs is 1. The first-order valence-corrected chi connectivity index (χ1v) is 5.98. The number of rotatable bonds is 0. The maximum absolute atomic E-state index is 4.73. The van der Waals surface area contributed by atoms with E-state index in [4.69, 9.17) is 4.98 Å². The summed E-state index contributed by atoms with van der Waals surface area (Å²) in [5.74, 6) is 0. The van der Waals surface area contributed by atoms with Crippen LogP contribution in [0.4, 0.5) is 0 Å². The zero-order valence-corrected chi connectivity index (χ0v) is 10.0. The van der Waals surface area contributed by atoms with Crippen LogP contribution in [0.15, 0.2) is 6.58 Å². The Labute approximate surface area is 89.9 Å². The zero-order chi connectivity index (χ0) is 10.3. The second kappa shape index (κ2) is 3.20. The summed E-state index contributed by atoms with van der Waals surface area (Å²) >= 11 is 1.84. The summed E-state index contributed by atoms with van der Waals surface area (Å²) in [7, 11) is 0. The second-order valence-electron chi connectivity index (χ2n) is 5.00. The molecule has 0 N–H and O–H groups in total. The first kappa shape index (κ1) is 9.91.